The predicted octanol–water partition coefficient (Wildman–Crippen LogP) is 3.25. The first-order valence-corrected chi connectivity index (χ1v) is 11.0. The van der Waals surface area contributed by atoms with Crippen LogP contribution < -0.4 is 10.9 Å². The largest absolute Gasteiger partial charge is 0.326 e. The average molecular weight is 390 g/mol. The number of rotatable bonds is 5. The van der Waals surface area contributed by atoms with E-state index in [2.05, 4.69) is 64.7 Å². The van der Waals surface area contributed by atoms with E-state index in [1.165, 1.54) is 24.0 Å². The number of pyridine rings is 1. The number of fused-ring (bicyclic) bond motifs is 1. The lowest BCUT2D eigenvalue weighted by Crippen LogP contribution is -2.59. The molecule has 1 aromatic carbocycles. The number of nitrogens with one attached hydrogen (secondary N) is 2. The molecule has 2 heterocycles. The number of benzene rings is 1. The van der Waals surface area contributed by atoms with Gasteiger partial charge in [0, 0.05) is 24.8 Å². The summed E-state index contributed by atoms with van der Waals surface area (Å²) >= 11 is 0. The van der Waals surface area contributed by atoms with Gasteiger partial charge in [0.15, 0.2) is 0 Å². The van der Waals surface area contributed by atoms with Crippen LogP contribution in [-0.4, -0.2) is 36.6 Å². The molecule has 4 nitrogen and oxygen atoms in total. The minimum absolute atomic E-state index is 0.00501. The summed E-state index contributed by atoms with van der Waals surface area (Å²) < 4.78 is 0. The molecule has 1 saturated heterocycles. The van der Waals surface area contributed by atoms with Crippen LogP contribution >= 0.6 is 0 Å². The zero-order chi connectivity index (χ0) is 19.8. The molecule has 3 unspecified atom stereocenters. The summed E-state index contributed by atoms with van der Waals surface area (Å²) in [5.41, 5.74) is 5.48. The molecule has 0 spiro atoms. The zero-order valence-corrected chi connectivity index (χ0v) is 17.3. The van der Waals surface area contributed by atoms with Crippen LogP contribution in [0, 0.1) is 11.8 Å². The van der Waals surface area contributed by atoms with Crippen LogP contribution in [-0.2, 0) is 18.4 Å². The summed E-state index contributed by atoms with van der Waals surface area (Å²) in [6.07, 6.45) is 8.19. The highest BCUT2D eigenvalue weighted by Crippen LogP contribution is 2.52. The van der Waals surface area contributed by atoms with E-state index in [-0.39, 0.29) is 11.1 Å². The Hall–Kier alpha value is -2.17. The third kappa shape index (κ3) is 3.49. The van der Waals surface area contributed by atoms with Gasteiger partial charge in [0.2, 0.25) is 5.56 Å². The molecule has 1 aromatic heterocycles. The van der Waals surface area contributed by atoms with Crippen LogP contribution in [0.15, 0.2) is 58.9 Å². The predicted molar refractivity (Wildman–Crippen MR) is 117 cm³/mol. The van der Waals surface area contributed by atoms with Crippen LogP contribution in [0.2, 0.25) is 0 Å². The van der Waals surface area contributed by atoms with E-state index in [1.54, 1.807) is 11.6 Å². The summed E-state index contributed by atoms with van der Waals surface area (Å²) in [5, 5.41) is 3.92. The molecule has 3 aliphatic rings. The maximum absolute atomic E-state index is 11.9. The summed E-state index contributed by atoms with van der Waals surface area (Å²) in [4.78, 5) is 17.5. The van der Waals surface area contributed by atoms with Gasteiger partial charge in [-0.25, -0.2) is 0 Å². The fraction of sp³-hybridized carbons (Fsp3) is 0.480. The van der Waals surface area contributed by atoms with E-state index in [1.807, 2.05) is 0 Å². The Morgan fingerprint density at radius 3 is 2.90 bits per heavy atom. The second-order valence-electron chi connectivity index (χ2n) is 9.20. The van der Waals surface area contributed by atoms with E-state index in [4.69, 9.17) is 0 Å². The first-order valence-electron chi connectivity index (χ1n) is 11.0. The van der Waals surface area contributed by atoms with Crippen LogP contribution in [0.4, 0.5) is 0 Å². The van der Waals surface area contributed by atoms with Crippen LogP contribution in [0.25, 0.3) is 0 Å². The molecule has 1 aliphatic heterocycles. The monoisotopic (exact) mass is 389 g/mol. The van der Waals surface area contributed by atoms with Gasteiger partial charge >= 0.3 is 0 Å². The third-order valence-electron chi connectivity index (χ3n) is 7.26. The van der Waals surface area contributed by atoms with Crippen molar-refractivity contribution in [3.05, 3.63) is 81.3 Å². The number of hydrogen-bond donors (Lipinski definition) is 2. The average Bonchev–Trinajstić information content (AvgIpc) is 2.72. The molecule has 152 valence electrons. The number of allylic oxidation sites excluding steroid dienone is 1. The van der Waals surface area contributed by atoms with E-state index >= 15 is 0 Å². The summed E-state index contributed by atoms with van der Waals surface area (Å²) in [6.45, 7) is 3.16. The van der Waals surface area contributed by atoms with E-state index in [0.29, 0.717) is 11.8 Å². The lowest BCUT2D eigenvalue weighted by molar-refractivity contribution is 0.0854. The molecule has 2 aliphatic carbocycles. The normalized spacial score (nSPS) is 27.9. The van der Waals surface area contributed by atoms with Gasteiger partial charge in [-0.3, -0.25) is 4.79 Å². The van der Waals surface area contributed by atoms with Gasteiger partial charge in [0.1, 0.15) is 0 Å². The summed E-state index contributed by atoms with van der Waals surface area (Å²) in [7, 11) is 2.24. The standard InChI is InChI=1S/C25H31N3O/c1-28(13-11-18-6-3-2-4-7-18)17-19-14-20-15-23-22(9-10-24(29)27-23)25(16-19)21(20)8-5-12-26-25/h2-4,6-7,9-10,14,20-21,26H,5,8,11-13,15-17H2,1H3,(H,27,29). The summed E-state index contributed by atoms with van der Waals surface area (Å²) in [5.74, 6) is 1.17. The van der Waals surface area contributed by atoms with Crippen molar-refractivity contribution < 1.29 is 0 Å². The highest BCUT2D eigenvalue weighted by molar-refractivity contribution is 5.40. The topological polar surface area (TPSA) is 48.1 Å². The van der Waals surface area contributed by atoms with Gasteiger partial charge < -0.3 is 15.2 Å². The molecule has 3 atom stereocenters. The Bertz CT molecular complexity index is 964. The molecule has 0 amide bonds. The van der Waals surface area contributed by atoms with Gasteiger partial charge in [-0.2, -0.15) is 0 Å². The van der Waals surface area contributed by atoms with E-state index in [0.717, 1.165) is 44.6 Å². The van der Waals surface area contributed by atoms with Crippen molar-refractivity contribution in [3.8, 4) is 0 Å². The van der Waals surface area contributed by atoms with Crippen molar-refractivity contribution in [1.82, 2.24) is 15.2 Å². The van der Waals surface area contributed by atoms with Crippen molar-refractivity contribution >= 4 is 0 Å². The molecule has 2 aromatic rings. The fourth-order valence-electron chi connectivity index (χ4n) is 6.04. The Labute approximate surface area is 173 Å². The van der Waals surface area contributed by atoms with E-state index < -0.39 is 0 Å². The summed E-state index contributed by atoms with van der Waals surface area (Å²) in [6, 6.07) is 14.6. The minimum atomic E-state index is 0.00501. The molecule has 0 saturated carbocycles. The molecule has 2 N–H and O–H groups in total. The lowest BCUT2D eigenvalue weighted by Gasteiger charge is -2.55. The van der Waals surface area contributed by atoms with Crippen molar-refractivity contribution in [3.63, 3.8) is 0 Å². The van der Waals surface area contributed by atoms with Crippen molar-refractivity contribution in [1.29, 1.82) is 0 Å². The Balaban J connectivity index is 1.36. The zero-order valence-electron chi connectivity index (χ0n) is 17.3. The fourth-order valence-corrected chi connectivity index (χ4v) is 6.04. The molecule has 4 heteroatoms. The number of piperidine rings is 1. The van der Waals surface area contributed by atoms with Crippen LogP contribution in [0.5, 0.6) is 0 Å². The highest BCUT2D eigenvalue weighted by Gasteiger charge is 2.51. The van der Waals surface area contributed by atoms with Crippen LogP contribution in [0.1, 0.15) is 36.1 Å². The molecule has 1 fully saturated rings. The minimum Gasteiger partial charge on any atom is -0.326 e. The van der Waals surface area contributed by atoms with Gasteiger partial charge in [-0.1, -0.05) is 42.0 Å². The number of aromatic amines is 1. The first-order chi connectivity index (χ1) is 14.1. The Morgan fingerprint density at radius 1 is 1.17 bits per heavy atom. The van der Waals surface area contributed by atoms with Crippen LogP contribution in [0.3, 0.4) is 0 Å². The first kappa shape index (κ1) is 18.8. The van der Waals surface area contributed by atoms with Gasteiger partial charge in [-0.15, -0.1) is 0 Å². The number of H-pyrrole nitrogens is 1. The Morgan fingerprint density at radius 2 is 2.03 bits per heavy atom. The molecular formula is C25H31N3O. The molecule has 2 bridgehead atoms. The lowest BCUT2D eigenvalue weighted by atomic mass is 9.57. The number of likely N-dealkylation sites (N-methyl/N-ethyl adjacent to an activating group) is 1. The molecule has 5 rings (SSSR count). The SMILES string of the molecule is CN(CCc1ccccc1)CC1=CC2Cc3[nH]c(=O)ccc3C3(C1)NCCCC23. The molecular weight excluding hydrogens is 358 g/mol. The second-order valence-corrected chi connectivity index (χ2v) is 9.20. The quantitative estimate of drug-likeness (QED) is 0.772. The van der Waals surface area contributed by atoms with Crippen molar-refractivity contribution in [2.75, 3.05) is 26.7 Å². The maximum Gasteiger partial charge on any atom is 0.248 e. The van der Waals surface area contributed by atoms with Gasteiger partial charge in [-0.05, 0) is 74.7 Å². The molecule has 0 radical (unpaired) electrons. The number of hydrogen-bond acceptors (Lipinski definition) is 3. The van der Waals surface area contributed by atoms with Crippen molar-refractivity contribution in [2.24, 2.45) is 11.8 Å². The van der Waals surface area contributed by atoms with Crippen molar-refractivity contribution in [2.45, 2.75) is 37.6 Å². The van der Waals surface area contributed by atoms with Gasteiger partial charge in [0.05, 0.1) is 5.54 Å². The number of nitrogens with zero attached hydrogens (tertiary/aromatic N) is 1. The molecule has 29 heavy (non-hydrogen) atoms. The third-order valence-corrected chi connectivity index (χ3v) is 7.26. The smallest absolute Gasteiger partial charge is 0.248 e. The number of aromatic nitrogens is 1. The maximum atomic E-state index is 11.9. The van der Waals surface area contributed by atoms with E-state index in [9.17, 15) is 4.79 Å². The van der Waals surface area contributed by atoms with Gasteiger partial charge in [0.25, 0.3) is 0 Å². The second kappa shape index (κ2) is 7.58. The highest BCUT2D eigenvalue weighted by atomic mass is 16.1. The Kier molecular flexibility index (Phi) is 4.92.